The molecule has 0 aromatic heterocycles. The van der Waals surface area contributed by atoms with Crippen LogP contribution in [0.1, 0.15) is 0 Å². The van der Waals surface area contributed by atoms with Crippen molar-refractivity contribution in [3.05, 3.63) is 31.7 Å². The van der Waals surface area contributed by atoms with Crippen LogP contribution in [0.15, 0.2) is 0 Å². The van der Waals surface area contributed by atoms with E-state index in [1.54, 1.807) is 0 Å². The van der Waals surface area contributed by atoms with Gasteiger partial charge in [0.25, 0.3) is 0 Å². The van der Waals surface area contributed by atoms with Gasteiger partial charge < -0.3 is 0 Å². The summed E-state index contributed by atoms with van der Waals surface area (Å²) in [5.41, 5.74) is -0.581. The normalized spacial score (nSPS) is 9.85. The molecule has 7 heteroatoms. The molecule has 0 bridgehead atoms. The number of halogens is 5. The largest absolute Gasteiger partial charge is 0.427 e. The van der Waals surface area contributed by atoms with Gasteiger partial charge in [-0.2, -0.15) is 0 Å². The molecule has 0 N–H and O–H groups in total. The fourth-order valence-corrected chi connectivity index (χ4v) is 1.47. The molecule has 0 atom stereocenters. The Bertz CT molecular complexity index is 384. The Hall–Kier alpha value is -0.630. The van der Waals surface area contributed by atoms with Gasteiger partial charge in [-0.15, -0.1) is 0 Å². The van der Waals surface area contributed by atoms with Crippen molar-refractivity contribution >= 4 is 40.5 Å². The third-order valence-electron chi connectivity index (χ3n) is 1.29. The summed E-state index contributed by atoms with van der Waals surface area (Å²) in [5.74, 6) is -2.42. The Morgan fingerprint density at radius 3 is 1.62 bits per heavy atom. The van der Waals surface area contributed by atoms with Crippen LogP contribution < -0.4 is 0 Å². The number of nitrogens with zero attached hydrogens (tertiary/aromatic N) is 2. The van der Waals surface area contributed by atoms with Crippen LogP contribution in [0.2, 0.25) is 15.1 Å². The molecule has 2 nitrogen and oxygen atoms in total. The number of benzene rings is 1. The van der Waals surface area contributed by atoms with E-state index in [0.717, 1.165) is 0 Å². The zero-order valence-electron chi connectivity index (χ0n) is 5.78. The van der Waals surface area contributed by atoms with Gasteiger partial charge in [-0.3, -0.25) is 0 Å². The van der Waals surface area contributed by atoms with Crippen molar-refractivity contribution < 1.29 is 8.78 Å². The van der Waals surface area contributed by atoms with Crippen molar-refractivity contribution in [2.24, 2.45) is 0 Å². The van der Waals surface area contributed by atoms with E-state index in [1.165, 1.54) is 0 Å². The molecule has 13 heavy (non-hydrogen) atoms. The molecule has 0 unspecified atom stereocenters. The van der Waals surface area contributed by atoms with E-state index < -0.39 is 32.4 Å². The van der Waals surface area contributed by atoms with Crippen molar-refractivity contribution in [1.82, 2.24) is 0 Å². The molecule has 0 fully saturated rings. The third kappa shape index (κ3) is 1.55. The SMILES string of the molecule is N#[N+]c1c(Cl)c(F)c(Cl)c(F)c1Cl. The molecule has 0 radical (unpaired) electrons. The van der Waals surface area contributed by atoms with E-state index >= 15 is 0 Å². The molecule has 0 saturated carbocycles. The average molecular weight is 244 g/mol. The zero-order valence-corrected chi connectivity index (χ0v) is 8.05. The smallest absolute Gasteiger partial charge is 0.203 e. The quantitative estimate of drug-likeness (QED) is 0.377. The van der Waals surface area contributed by atoms with Crippen LogP contribution in [0, 0.1) is 17.0 Å². The molecule has 68 valence electrons. The van der Waals surface area contributed by atoms with Gasteiger partial charge in [0.2, 0.25) is 5.39 Å². The monoisotopic (exact) mass is 243 g/mol. The highest BCUT2D eigenvalue weighted by molar-refractivity contribution is 6.42. The molecule has 0 spiro atoms. The molecular weight excluding hydrogens is 244 g/mol. The Kier molecular flexibility index (Phi) is 2.91. The second-order valence-corrected chi connectivity index (χ2v) is 3.15. The fourth-order valence-electron chi connectivity index (χ4n) is 0.681. The van der Waals surface area contributed by atoms with Crippen molar-refractivity contribution in [2.75, 3.05) is 0 Å². The van der Waals surface area contributed by atoms with Crippen molar-refractivity contribution in [1.29, 1.82) is 5.39 Å². The lowest BCUT2D eigenvalue weighted by molar-refractivity contribution is 0.586. The Morgan fingerprint density at radius 2 is 1.31 bits per heavy atom. The highest BCUT2D eigenvalue weighted by Crippen LogP contribution is 2.41. The Morgan fingerprint density at radius 1 is 0.923 bits per heavy atom. The molecule has 1 aromatic rings. The predicted molar refractivity (Wildman–Crippen MR) is 46.1 cm³/mol. The van der Waals surface area contributed by atoms with E-state index in [4.69, 9.17) is 40.2 Å². The van der Waals surface area contributed by atoms with Crippen LogP contribution in [0.3, 0.4) is 0 Å². The maximum absolute atomic E-state index is 12.9. The molecule has 0 aliphatic carbocycles. The van der Waals surface area contributed by atoms with Gasteiger partial charge in [0.1, 0.15) is 5.02 Å². The summed E-state index contributed by atoms with van der Waals surface area (Å²) in [6.07, 6.45) is 0. The maximum Gasteiger partial charge on any atom is 0.427 e. The highest BCUT2D eigenvalue weighted by atomic mass is 35.5. The number of hydrogen-bond donors (Lipinski definition) is 0. The first kappa shape index (κ1) is 10.5. The molecule has 0 heterocycles. The van der Waals surface area contributed by atoms with Gasteiger partial charge in [0.05, 0.1) is 0 Å². The highest BCUT2D eigenvalue weighted by Gasteiger charge is 2.29. The van der Waals surface area contributed by atoms with E-state index in [1.807, 2.05) is 0 Å². The lowest BCUT2D eigenvalue weighted by Gasteiger charge is -1.97. The van der Waals surface area contributed by atoms with Crippen LogP contribution in [-0.2, 0) is 0 Å². The van der Waals surface area contributed by atoms with Gasteiger partial charge in [-0.1, -0.05) is 34.8 Å². The second kappa shape index (κ2) is 3.62. The summed E-state index contributed by atoms with van der Waals surface area (Å²) in [5, 5.41) is 6.24. The van der Waals surface area contributed by atoms with Gasteiger partial charge in [-0.05, 0) is 0 Å². The first-order valence-electron chi connectivity index (χ1n) is 2.87. The summed E-state index contributed by atoms with van der Waals surface area (Å²) < 4.78 is 25.8. The van der Waals surface area contributed by atoms with Crippen LogP contribution in [0.5, 0.6) is 0 Å². The van der Waals surface area contributed by atoms with Gasteiger partial charge in [-0.25, -0.2) is 8.78 Å². The number of rotatable bonds is 0. The minimum atomic E-state index is -1.21. The van der Waals surface area contributed by atoms with Gasteiger partial charge in [0, 0.05) is 0 Å². The van der Waals surface area contributed by atoms with Crippen LogP contribution in [0.25, 0.3) is 4.98 Å². The first-order valence-corrected chi connectivity index (χ1v) is 4.00. The molecule has 1 rings (SSSR count). The Balaban J connectivity index is 3.69. The molecule has 0 aliphatic rings. The second-order valence-electron chi connectivity index (χ2n) is 2.02. The molecule has 0 amide bonds. The van der Waals surface area contributed by atoms with Crippen LogP contribution in [-0.4, -0.2) is 0 Å². The Labute approximate surface area is 86.6 Å². The summed E-state index contributed by atoms with van der Waals surface area (Å²) in [4.78, 5) is 2.53. The summed E-state index contributed by atoms with van der Waals surface area (Å²) in [6.45, 7) is 0. The molecule has 1 aromatic carbocycles. The lowest BCUT2D eigenvalue weighted by Crippen LogP contribution is -1.87. The topological polar surface area (TPSA) is 28.1 Å². The lowest BCUT2D eigenvalue weighted by atomic mass is 10.3. The minimum Gasteiger partial charge on any atom is -0.203 e. The average Bonchev–Trinajstić information content (AvgIpc) is 2.13. The van der Waals surface area contributed by atoms with Gasteiger partial charge >= 0.3 is 5.69 Å². The van der Waals surface area contributed by atoms with E-state index in [0.29, 0.717) is 0 Å². The van der Waals surface area contributed by atoms with Crippen molar-refractivity contribution in [3.63, 3.8) is 0 Å². The molecule has 0 aliphatic heterocycles. The third-order valence-corrected chi connectivity index (χ3v) is 2.31. The van der Waals surface area contributed by atoms with E-state index in [-0.39, 0.29) is 0 Å². The summed E-state index contributed by atoms with van der Waals surface area (Å²) in [6, 6.07) is 0. The van der Waals surface area contributed by atoms with Crippen LogP contribution >= 0.6 is 34.8 Å². The minimum absolute atomic E-state index is 0.581. The standard InChI is InChI=1S/C6Cl3F2N2/c7-1-4(10)2(8)6(13-12)3(9)5(1)11/q+1. The van der Waals surface area contributed by atoms with Crippen molar-refractivity contribution in [2.45, 2.75) is 0 Å². The maximum atomic E-state index is 12.9. The molecular formula is C6Cl3F2N2+. The number of hydrogen-bond acceptors (Lipinski definition) is 1. The van der Waals surface area contributed by atoms with Gasteiger partial charge in [0.15, 0.2) is 26.7 Å². The zero-order chi connectivity index (χ0) is 10.2. The number of diazo groups is 1. The van der Waals surface area contributed by atoms with E-state index in [9.17, 15) is 8.78 Å². The first-order chi connectivity index (χ1) is 6.00. The fraction of sp³-hybridized carbons (Fsp3) is 0. The van der Waals surface area contributed by atoms with Crippen LogP contribution in [0.4, 0.5) is 14.5 Å². The van der Waals surface area contributed by atoms with E-state index in [2.05, 4.69) is 4.98 Å². The summed E-state index contributed by atoms with van der Waals surface area (Å²) >= 11 is 15.8. The predicted octanol–water partition coefficient (Wildman–Crippen LogP) is 4.41. The summed E-state index contributed by atoms with van der Waals surface area (Å²) in [7, 11) is 0. The molecule has 0 saturated heterocycles. The van der Waals surface area contributed by atoms with Crippen molar-refractivity contribution in [3.8, 4) is 0 Å².